The molecule has 2 spiro atoms. The Morgan fingerprint density at radius 1 is 0.818 bits per heavy atom. The van der Waals surface area contributed by atoms with Crippen molar-refractivity contribution >= 4 is 0 Å². The average molecular weight is 148 g/mol. The van der Waals surface area contributed by atoms with E-state index in [0.29, 0.717) is 10.8 Å². The SMILES string of the molecule is C=C1C2(CCCC13CC3)CC2. The van der Waals surface area contributed by atoms with Crippen molar-refractivity contribution in [3.8, 4) is 0 Å². The van der Waals surface area contributed by atoms with E-state index in [9.17, 15) is 0 Å². The summed E-state index contributed by atoms with van der Waals surface area (Å²) < 4.78 is 0. The molecule has 3 fully saturated rings. The molecule has 0 nitrogen and oxygen atoms in total. The van der Waals surface area contributed by atoms with Crippen LogP contribution in [-0.2, 0) is 0 Å². The van der Waals surface area contributed by atoms with Gasteiger partial charge in [-0.05, 0) is 49.4 Å². The fraction of sp³-hybridized carbons (Fsp3) is 0.818. The fourth-order valence-corrected chi connectivity index (χ4v) is 3.03. The van der Waals surface area contributed by atoms with E-state index >= 15 is 0 Å². The summed E-state index contributed by atoms with van der Waals surface area (Å²) in [6.45, 7) is 4.34. The molecule has 0 atom stereocenters. The quantitative estimate of drug-likeness (QED) is 0.462. The highest BCUT2D eigenvalue weighted by Crippen LogP contribution is 2.71. The van der Waals surface area contributed by atoms with E-state index in [1.165, 1.54) is 44.9 Å². The van der Waals surface area contributed by atoms with Gasteiger partial charge in [-0.25, -0.2) is 0 Å². The zero-order chi connectivity index (χ0) is 7.53. The molecule has 3 aliphatic rings. The molecule has 11 heavy (non-hydrogen) atoms. The minimum atomic E-state index is 0.689. The summed E-state index contributed by atoms with van der Waals surface area (Å²) in [5.74, 6) is 0. The summed E-state index contributed by atoms with van der Waals surface area (Å²) in [4.78, 5) is 0. The number of hydrogen-bond acceptors (Lipinski definition) is 0. The van der Waals surface area contributed by atoms with Crippen LogP contribution < -0.4 is 0 Å². The first-order chi connectivity index (χ1) is 5.28. The van der Waals surface area contributed by atoms with Crippen LogP contribution in [0.25, 0.3) is 0 Å². The van der Waals surface area contributed by atoms with Crippen molar-refractivity contribution in [2.24, 2.45) is 10.8 Å². The van der Waals surface area contributed by atoms with E-state index in [2.05, 4.69) is 6.58 Å². The van der Waals surface area contributed by atoms with Crippen molar-refractivity contribution < 1.29 is 0 Å². The minimum Gasteiger partial charge on any atom is -0.0987 e. The van der Waals surface area contributed by atoms with Gasteiger partial charge >= 0.3 is 0 Å². The van der Waals surface area contributed by atoms with Crippen LogP contribution in [0.3, 0.4) is 0 Å². The normalized spacial score (nSPS) is 36.2. The van der Waals surface area contributed by atoms with Crippen LogP contribution in [-0.4, -0.2) is 0 Å². The van der Waals surface area contributed by atoms with E-state index in [0.717, 1.165) is 0 Å². The third-order valence-corrected chi connectivity index (χ3v) is 4.30. The molecule has 0 radical (unpaired) electrons. The number of rotatable bonds is 0. The maximum Gasteiger partial charge on any atom is -0.00846 e. The summed E-state index contributed by atoms with van der Waals surface area (Å²) in [5.41, 5.74) is 3.04. The Bertz CT molecular complexity index is 194. The summed E-state index contributed by atoms with van der Waals surface area (Å²) in [7, 11) is 0. The molecule has 3 rings (SSSR count). The van der Waals surface area contributed by atoms with Crippen molar-refractivity contribution in [3.05, 3.63) is 12.2 Å². The van der Waals surface area contributed by atoms with Crippen LogP contribution in [0, 0.1) is 10.8 Å². The second kappa shape index (κ2) is 1.57. The van der Waals surface area contributed by atoms with E-state index in [4.69, 9.17) is 0 Å². The van der Waals surface area contributed by atoms with Gasteiger partial charge in [-0.15, -0.1) is 0 Å². The molecule has 0 heterocycles. The number of allylic oxidation sites excluding steroid dienone is 1. The lowest BCUT2D eigenvalue weighted by atomic mass is 9.73. The van der Waals surface area contributed by atoms with E-state index < -0.39 is 0 Å². The van der Waals surface area contributed by atoms with E-state index in [1.807, 2.05) is 0 Å². The molecule has 60 valence electrons. The second-order valence-electron chi connectivity index (χ2n) is 4.89. The largest absolute Gasteiger partial charge is 0.0987 e. The van der Waals surface area contributed by atoms with Gasteiger partial charge in [0, 0.05) is 0 Å². The van der Waals surface area contributed by atoms with Crippen LogP contribution in [0.15, 0.2) is 12.2 Å². The molecule has 0 amide bonds. The van der Waals surface area contributed by atoms with Gasteiger partial charge in [0.1, 0.15) is 0 Å². The smallest absolute Gasteiger partial charge is 0.00846 e. The van der Waals surface area contributed by atoms with E-state index in [-0.39, 0.29) is 0 Å². The molecule has 0 bridgehead atoms. The molecule has 0 N–H and O–H groups in total. The molecule has 0 aromatic rings. The first kappa shape index (κ1) is 6.28. The molecule has 0 aromatic heterocycles. The summed E-state index contributed by atoms with van der Waals surface area (Å²) in [6.07, 6.45) is 10.3. The van der Waals surface area contributed by atoms with Crippen molar-refractivity contribution in [1.29, 1.82) is 0 Å². The van der Waals surface area contributed by atoms with Crippen LogP contribution >= 0.6 is 0 Å². The first-order valence-corrected chi connectivity index (χ1v) is 4.97. The van der Waals surface area contributed by atoms with Crippen LogP contribution in [0.5, 0.6) is 0 Å². The lowest BCUT2D eigenvalue weighted by Crippen LogP contribution is -2.20. The summed E-state index contributed by atoms with van der Waals surface area (Å²) in [5, 5.41) is 0. The third-order valence-electron chi connectivity index (χ3n) is 4.30. The second-order valence-corrected chi connectivity index (χ2v) is 4.89. The van der Waals surface area contributed by atoms with Gasteiger partial charge < -0.3 is 0 Å². The Kier molecular flexibility index (Phi) is 0.898. The molecule has 0 unspecified atom stereocenters. The van der Waals surface area contributed by atoms with Crippen LogP contribution in [0.1, 0.15) is 44.9 Å². The Labute approximate surface area is 68.7 Å². The highest BCUT2D eigenvalue weighted by atomic mass is 14.6. The maximum absolute atomic E-state index is 4.34. The Hall–Kier alpha value is -0.260. The zero-order valence-electron chi connectivity index (χ0n) is 7.16. The molecular formula is C11H16. The highest BCUT2D eigenvalue weighted by Gasteiger charge is 2.58. The van der Waals surface area contributed by atoms with Crippen molar-refractivity contribution in [2.45, 2.75) is 44.9 Å². The summed E-state index contributed by atoms with van der Waals surface area (Å²) in [6, 6.07) is 0. The van der Waals surface area contributed by atoms with Gasteiger partial charge in [0.05, 0.1) is 0 Å². The standard InChI is InChI=1S/C11H16/c1-9-10(5-6-10)3-2-4-11(9)7-8-11/h1-8H2. The third kappa shape index (κ3) is 0.660. The van der Waals surface area contributed by atoms with Gasteiger partial charge in [0.25, 0.3) is 0 Å². The minimum absolute atomic E-state index is 0.689. The van der Waals surface area contributed by atoms with Crippen molar-refractivity contribution in [1.82, 2.24) is 0 Å². The average Bonchev–Trinajstić information content (AvgIpc) is 2.82. The molecule has 0 saturated heterocycles. The Morgan fingerprint density at radius 3 is 1.64 bits per heavy atom. The lowest BCUT2D eigenvalue weighted by molar-refractivity contribution is 0.337. The highest BCUT2D eigenvalue weighted by molar-refractivity contribution is 5.32. The molecule has 0 aliphatic heterocycles. The van der Waals surface area contributed by atoms with Gasteiger partial charge in [-0.3, -0.25) is 0 Å². The number of hydrogen-bond donors (Lipinski definition) is 0. The Morgan fingerprint density at radius 2 is 1.27 bits per heavy atom. The van der Waals surface area contributed by atoms with Crippen LogP contribution in [0.4, 0.5) is 0 Å². The predicted molar refractivity (Wildman–Crippen MR) is 46.3 cm³/mol. The molecule has 3 aliphatic carbocycles. The first-order valence-electron chi connectivity index (χ1n) is 4.97. The molecular weight excluding hydrogens is 132 g/mol. The van der Waals surface area contributed by atoms with Crippen molar-refractivity contribution in [2.75, 3.05) is 0 Å². The zero-order valence-corrected chi connectivity index (χ0v) is 7.16. The van der Waals surface area contributed by atoms with Gasteiger partial charge in [0.2, 0.25) is 0 Å². The van der Waals surface area contributed by atoms with Crippen molar-refractivity contribution in [3.63, 3.8) is 0 Å². The van der Waals surface area contributed by atoms with Crippen LogP contribution in [0.2, 0.25) is 0 Å². The molecule has 0 aromatic carbocycles. The van der Waals surface area contributed by atoms with E-state index in [1.54, 1.807) is 5.57 Å². The fourth-order valence-electron chi connectivity index (χ4n) is 3.03. The molecule has 3 saturated carbocycles. The lowest BCUT2D eigenvalue weighted by Gasteiger charge is -2.32. The summed E-state index contributed by atoms with van der Waals surface area (Å²) >= 11 is 0. The van der Waals surface area contributed by atoms with Gasteiger partial charge in [0.15, 0.2) is 0 Å². The monoisotopic (exact) mass is 148 g/mol. The maximum atomic E-state index is 4.34. The van der Waals surface area contributed by atoms with Gasteiger partial charge in [-0.1, -0.05) is 18.6 Å². The Balaban J connectivity index is 1.94. The molecule has 0 heteroatoms. The van der Waals surface area contributed by atoms with Gasteiger partial charge in [-0.2, -0.15) is 0 Å². The predicted octanol–water partition coefficient (Wildman–Crippen LogP) is 3.29. The topological polar surface area (TPSA) is 0 Å².